The van der Waals surface area contributed by atoms with Crippen LogP contribution < -0.4 is 5.73 Å². The molecule has 1 atom stereocenters. The summed E-state index contributed by atoms with van der Waals surface area (Å²) in [7, 11) is 0. The van der Waals surface area contributed by atoms with Crippen molar-refractivity contribution in [2.45, 2.75) is 13.0 Å². The van der Waals surface area contributed by atoms with Crippen molar-refractivity contribution in [3.8, 4) is 10.6 Å². The quantitative estimate of drug-likeness (QED) is 0.796. The Kier molecular flexibility index (Phi) is 2.20. The lowest BCUT2D eigenvalue weighted by Gasteiger charge is -1.97. The third-order valence-corrected chi connectivity index (χ3v) is 3.14. The highest BCUT2D eigenvalue weighted by Gasteiger charge is 2.06. The van der Waals surface area contributed by atoms with Crippen LogP contribution in [-0.4, -0.2) is 0 Å². The number of hydrogen-bond acceptors (Lipinski definition) is 3. The smallest absolute Gasteiger partial charge is 0.143 e. The molecular formula is C10H11NOS. The number of thiophene rings is 1. The highest BCUT2D eigenvalue weighted by atomic mass is 32.1. The fraction of sp³-hybridized carbons (Fsp3) is 0.200. The first-order valence-corrected chi connectivity index (χ1v) is 4.98. The van der Waals surface area contributed by atoms with E-state index in [2.05, 4.69) is 0 Å². The van der Waals surface area contributed by atoms with Crippen LogP contribution in [0.3, 0.4) is 0 Å². The molecule has 3 heteroatoms. The number of furan rings is 1. The van der Waals surface area contributed by atoms with Crippen LogP contribution in [0.15, 0.2) is 34.9 Å². The van der Waals surface area contributed by atoms with Crippen molar-refractivity contribution in [1.29, 1.82) is 0 Å². The Morgan fingerprint density at radius 2 is 2.23 bits per heavy atom. The van der Waals surface area contributed by atoms with E-state index in [1.54, 1.807) is 17.6 Å². The van der Waals surface area contributed by atoms with Crippen LogP contribution >= 0.6 is 11.3 Å². The van der Waals surface area contributed by atoms with Crippen LogP contribution in [0.1, 0.15) is 17.8 Å². The van der Waals surface area contributed by atoms with Crippen molar-refractivity contribution in [2.75, 3.05) is 0 Å². The zero-order valence-electron chi connectivity index (χ0n) is 7.36. The molecule has 0 saturated heterocycles. The highest BCUT2D eigenvalue weighted by molar-refractivity contribution is 7.15. The third-order valence-electron chi connectivity index (χ3n) is 1.84. The van der Waals surface area contributed by atoms with Crippen molar-refractivity contribution >= 4 is 11.3 Å². The molecule has 0 aliphatic rings. The van der Waals surface area contributed by atoms with Crippen molar-refractivity contribution < 1.29 is 4.42 Å². The van der Waals surface area contributed by atoms with E-state index in [9.17, 15) is 0 Å². The number of hydrogen-bond donors (Lipinski definition) is 1. The zero-order valence-corrected chi connectivity index (χ0v) is 8.17. The average molecular weight is 193 g/mol. The molecule has 0 spiro atoms. The SMILES string of the molecule is CC(N)c1ccc(-c2ccco2)s1. The van der Waals surface area contributed by atoms with Crippen LogP contribution in [-0.2, 0) is 0 Å². The summed E-state index contributed by atoms with van der Waals surface area (Å²) in [6, 6.07) is 8.04. The second-order valence-corrected chi connectivity index (χ2v) is 4.08. The summed E-state index contributed by atoms with van der Waals surface area (Å²) in [6.45, 7) is 1.98. The lowest BCUT2D eigenvalue weighted by atomic mass is 10.3. The summed E-state index contributed by atoms with van der Waals surface area (Å²) in [5.74, 6) is 0.914. The van der Waals surface area contributed by atoms with Crippen LogP contribution in [0.5, 0.6) is 0 Å². The van der Waals surface area contributed by atoms with Gasteiger partial charge in [0.2, 0.25) is 0 Å². The van der Waals surface area contributed by atoms with Crippen molar-refractivity contribution in [3.63, 3.8) is 0 Å². The van der Waals surface area contributed by atoms with Gasteiger partial charge in [0.05, 0.1) is 11.1 Å². The largest absolute Gasteiger partial charge is 0.464 e. The van der Waals surface area contributed by atoms with Crippen molar-refractivity contribution in [1.82, 2.24) is 0 Å². The first-order chi connectivity index (χ1) is 6.27. The molecule has 2 aromatic heterocycles. The minimum Gasteiger partial charge on any atom is -0.464 e. The summed E-state index contributed by atoms with van der Waals surface area (Å²) < 4.78 is 5.28. The molecule has 2 N–H and O–H groups in total. The Bertz CT molecular complexity index is 375. The summed E-state index contributed by atoms with van der Waals surface area (Å²) in [5, 5.41) is 0. The van der Waals surface area contributed by atoms with Crippen LogP contribution in [0.25, 0.3) is 10.6 Å². The molecule has 0 amide bonds. The van der Waals surface area contributed by atoms with Crippen molar-refractivity contribution in [2.24, 2.45) is 5.73 Å². The lowest BCUT2D eigenvalue weighted by molar-refractivity contribution is 0.584. The van der Waals surface area contributed by atoms with E-state index >= 15 is 0 Å². The van der Waals surface area contributed by atoms with Crippen LogP contribution in [0.4, 0.5) is 0 Å². The first kappa shape index (κ1) is 8.53. The third kappa shape index (κ3) is 1.66. The molecule has 68 valence electrons. The molecule has 13 heavy (non-hydrogen) atoms. The van der Waals surface area contributed by atoms with Gasteiger partial charge in [-0.05, 0) is 31.2 Å². The predicted octanol–water partition coefficient (Wildman–Crippen LogP) is 3.03. The second-order valence-electron chi connectivity index (χ2n) is 2.97. The van der Waals surface area contributed by atoms with Gasteiger partial charge in [-0.3, -0.25) is 0 Å². The molecular weight excluding hydrogens is 182 g/mol. The van der Waals surface area contributed by atoms with Gasteiger partial charge in [-0.2, -0.15) is 0 Å². The summed E-state index contributed by atoms with van der Waals surface area (Å²) >= 11 is 1.68. The fourth-order valence-corrected chi connectivity index (χ4v) is 2.08. The summed E-state index contributed by atoms with van der Waals surface area (Å²) in [6.07, 6.45) is 1.68. The van der Waals surface area contributed by atoms with Crippen molar-refractivity contribution in [3.05, 3.63) is 35.4 Å². The number of rotatable bonds is 2. The highest BCUT2D eigenvalue weighted by Crippen LogP contribution is 2.30. The molecule has 0 aliphatic heterocycles. The van der Waals surface area contributed by atoms with Gasteiger partial charge in [-0.1, -0.05) is 0 Å². The molecule has 0 fully saturated rings. The molecule has 0 bridgehead atoms. The van der Waals surface area contributed by atoms with E-state index in [0.717, 1.165) is 10.6 Å². The van der Waals surface area contributed by atoms with Gasteiger partial charge in [0.1, 0.15) is 5.76 Å². The Balaban J connectivity index is 2.33. The van der Waals surface area contributed by atoms with Crippen LogP contribution in [0.2, 0.25) is 0 Å². The van der Waals surface area contributed by atoms with E-state index < -0.39 is 0 Å². The molecule has 0 radical (unpaired) electrons. The average Bonchev–Trinajstić information content (AvgIpc) is 2.75. The fourth-order valence-electron chi connectivity index (χ4n) is 1.15. The Morgan fingerprint density at radius 3 is 2.77 bits per heavy atom. The molecule has 0 aliphatic carbocycles. The monoisotopic (exact) mass is 193 g/mol. The molecule has 2 aromatic rings. The molecule has 0 saturated carbocycles. The number of nitrogens with two attached hydrogens (primary N) is 1. The maximum absolute atomic E-state index is 5.76. The second kappa shape index (κ2) is 3.36. The molecule has 2 nitrogen and oxygen atoms in total. The van der Waals surface area contributed by atoms with E-state index in [-0.39, 0.29) is 6.04 Å². The summed E-state index contributed by atoms with van der Waals surface area (Å²) in [4.78, 5) is 2.32. The normalized spacial score (nSPS) is 13.1. The molecule has 0 aromatic carbocycles. The lowest BCUT2D eigenvalue weighted by Crippen LogP contribution is -2.01. The standard InChI is InChI=1S/C10H11NOS/c1-7(11)9-4-5-10(13-9)8-3-2-6-12-8/h2-7H,11H2,1H3. The van der Waals surface area contributed by atoms with Gasteiger partial charge >= 0.3 is 0 Å². The van der Waals surface area contributed by atoms with Gasteiger partial charge in [0, 0.05) is 10.9 Å². The Morgan fingerprint density at radius 1 is 1.38 bits per heavy atom. The van der Waals surface area contributed by atoms with Gasteiger partial charge in [0.15, 0.2) is 0 Å². The van der Waals surface area contributed by atoms with E-state index in [1.807, 2.05) is 31.2 Å². The first-order valence-electron chi connectivity index (χ1n) is 4.16. The van der Waals surface area contributed by atoms with Gasteiger partial charge < -0.3 is 10.2 Å². The van der Waals surface area contributed by atoms with E-state index in [0.29, 0.717) is 0 Å². The van der Waals surface area contributed by atoms with Gasteiger partial charge in [-0.25, -0.2) is 0 Å². The molecule has 2 heterocycles. The van der Waals surface area contributed by atoms with E-state index in [1.165, 1.54) is 4.88 Å². The Labute approximate surface area is 81.0 Å². The van der Waals surface area contributed by atoms with Gasteiger partial charge in [-0.15, -0.1) is 11.3 Å². The zero-order chi connectivity index (χ0) is 9.26. The minimum absolute atomic E-state index is 0.105. The van der Waals surface area contributed by atoms with E-state index in [4.69, 9.17) is 10.2 Å². The Hall–Kier alpha value is -1.06. The molecule has 1 unspecified atom stereocenters. The minimum atomic E-state index is 0.105. The maximum Gasteiger partial charge on any atom is 0.143 e. The summed E-state index contributed by atoms with van der Waals surface area (Å²) in [5.41, 5.74) is 5.76. The predicted molar refractivity (Wildman–Crippen MR) is 54.6 cm³/mol. The van der Waals surface area contributed by atoms with Gasteiger partial charge in [0.25, 0.3) is 0 Å². The van der Waals surface area contributed by atoms with Crippen LogP contribution in [0, 0.1) is 0 Å². The topological polar surface area (TPSA) is 39.2 Å². The molecule has 2 rings (SSSR count). The maximum atomic E-state index is 5.76.